The molecular weight excluding hydrogens is 500 g/mol. The van der Waals surface area contributed by atoms with Crippen LogP contribution in [0, 0.1) is 6.92 Å². The molecule has 0 unspecified atom stereocenters. The summed E-state index contributed by atoms with van der Waals surface area (Å²) in [7, 11) is 0. The molecular formula is C28H34N6O3S. The van der Waals surface area contributed by atoms with Gasteiger partial charge < -0.3 is 19.4 Å². The highest BCUT2D eigenvalue weighted by Gasteiger charge is 2.27. The van der Waals surface area contributed by atoms with E-state index in [0.717, 1.165) is 36.7 Å². The van der Waals surface area contributed by atoms with Gasteiger partial charge in [0.15, 0.2) is 5.82 Å². The number of aromatic nitrogens is 2. The molecule has 2 aliphatic rings. The zero-order chi connectivity index (χ0) is 26.3. The number of aryl methyl sites for hydroxylation is 1. The first-order valence-electron chi connectivity index (χ1n) is 13.1. The molecule has 0 bridgehead atoms. The van der Waals surface area contributed by atoms with Crippen molar-refractivity contribution in [2.45, 2.75) is 6.92 Å². The highest BCUT2D eigenvalue weighted by Crippen LogP contribution is 2.20. The molecule has 0 N–H and O–H groups in total. The van der Waals surface area contributed by atoms with E-state index < -0.39 is 0 Å². The lowest BCUT2D eigenvalue weighted by atomic mass is 10.1. The van der Waals surface area contributed by atoms with Crippen LogP contribution in [0.25, 0.3) is 11.3 Å². The van der Waals surface area contributed by atoms with Gasteiger partial charge in [-0.15, -0.1) is 21.5 Å². The van der Waals surface area contributed by atoms with Crippen molar-refractivity contribution in [3.63, 3.8) is 0 Å². The Morgan fingerprint density at radius 1 is 0.947 bits per heavy atom. The van der Waals surface area contributed by atoms with E-state index >= 15 is 0 Å². The van der Waals surface area contributed by atoms with Crippen LogP contribution < -0.4 is 4.90 Å². The number of rotatable bonds is 8. The summed E-state index contributed by atoms with van der Waals surface area (Å²) in [5, 5.41) is 10.8. The second-order valence-electron chi connectivity index (χ2n) is 9.67. The Hall–Kier alpha value is -3.34. The number of amides is 2. The van der Waals surface area contributed by atoms with Crippen molar-refractivity contribution in [1.82, 2.24) is 24.9 Å². The van der Waals surface area contributed by atoms with Gasteiger partial charge in [-0.3, -0.25) is 14.5 Å². The van der Waals surface area contributed by atoms with E-state index in [0.29, 0.717) is 50.8 Å². The minimum Gasteiger partial charge on any atom is -0.379 e. The molecule has 0 saturated carbocycles. The fourth-order valence-electron chi connectivity index (χ4n) is 4.72. The van der Waals surface area contributed by atoms with E-state index in [1.165, 1.54) is 16.9 Å². The van der Waals surface area contributed by atoms with Crippen molar-refractivity contribution in [2.75, 3.05) is 77.0 Å². The molecule has 2 aliphatic heterocycles. The number of piperazine rings is 1. The fourth-order valence-corrected chi connectivity index (χ4v) is 5.41. The quantitative estimate of drug-likeness (QED) is 0.440. The average molecular weight is 535 g/mol. The normalized spacial score (nSPS) is 16.4. The molecule has 5 rings (SSSR count). The van der Waals surface area contributed by atoms with Gasteiger partial charge in [0.25, 0.3) is 5.91 Å². The summed E-state index contributed by atoms with van der Waals surface area (Å²) in [4.78, 5) is 35.1. The van der Waals surface area contributed by atoms with Gasteiger partial charge in [0, 0.05) is 57.9 Å². The third kappa shape index (κ3) is 6.56. The van der Waals surface area contributed by atoms with Crippen LogP contribution in [0.15, 0.2) is 53.9 Å². The number of carbonyl (C=O) groups is 2. The second kappa shape index (κ2) is 12.5. The molecule has 38 heavy (non-hydrogen) atoms. The van der Waals surface area contributed by atoms with Gasteiger partial charge >= 0.3 is 0 Å². The number of carbonyl (C=O) groups excluding carboxylic acids is 2. The Bertz CT molecular complexity index is 1190. The third-order valence-corrected chi connectivity index (χ3v) is 7.95. The second-order valence-corrected chi connectivity index (χ2v) is 10.6. The molecule has 2 aromatic heterocycles. The van der Waals surface area contributed by atoms with E-state index in [4.69, 9.17) is 4.74 Å². The maximum Gasteiger partial charge on any atom is 0.264 e. The van der Waals surface area contributed by atoms with Crippen LogP contribution in [0.4, 0.5) is 5.82 Å². The predicted octanol–water partition coefficient (Wildman–Crippen LogP) is 2.64. The van der Waals surface area contributed by atoms with Crippen molar-refractivity contribution >= 4 is 29.0 Å². The van der Waals surface area contributed by atoms with Gasteiger partial charge in [-0.1, -0.05) is 35.9 Å². The van der Waals surface area contributed by atoms with Crippen molar-refractivity contribution < 1.29 is 14.3 Å². The van der Waals surface area contributed by atoms with Crippen LogP contribution in [0.3, 0.4) is 0 Å². The van der Waals surface area contributed by atoms with Crippen molar-refractivity contribution in [1.29, 1.82) is 0 Å². The predicted molar refractivity (Wildman–Crippen MR) is 148 cm³/mol. The number of benzene rings is 1. The maximum atomic E-state index is 13.3. The van der Waals surface area contributed by atoms with Gasteiger partial charge in [0.05, 0.1) is 23.8 Å². The number of hydrogen-bond donors (Lipinski definition) is 0. The van der Waals surface area contributed by atoms with E-state index in [1.807, 2.05) is 34.5 Å². The van der Waals surface area contributed by atoms with E-state index in [1.54, 1.807) is 4.90 Å². The summed E-state index contributed by atoms with van der Waals surface area (Å²) < 4.78 is 5.43. The standard InChI is InChI=1S/C28H34N6O3S/c1-22-4-6-23(7-5-22)24-8-9-26(30-29-24)32-12-14-33(15-13-32)27(35)21-34(28(36)25-3-2-20-38-25)11-10-31-16-18-37-19-17-31/h2-9,20H,10-19,21H2,1H3. The number of nitrogens with zero attached hydrogens (tertiary/aromatic N) is 6. The highest BCUT2D eigenvalue weighted by atomic mass is 32.1. The summed E-state index contributed by atoms with van der Waals surface area (Å²) in [6.07, 6.45) is 0. The van der Waals surface area contributed by atoms with Gasteiger partial charge in [-0.05, 0) is 30.5 Å². The van der Waals surface area contributed by atoms with Crippen LogP contribution in [0.2, 0.25) is 0 Å². The first-order valence-corrected chi connectivity index (χ1v) is 14.0. The Morgan fingerprint density at radius 3 is 2.37 bits per heavy atom. The number of hydrogen-bond acceptors (Lipinski definition) is 8. The van der Waals surface area contributed by atoms with E-state index in [9.17, 15) is 9.59 Å². The summed E-state index contributed by atoms with van der Waals surface area (Å²) in [5.41, 5.74) is 3.09. The topological polar surface area (TPSA) is 82.1 Å². The molecule has 9 nitrogen and oxygen atoms in total. The minimum absolute atomic E-state index is 0.0164. The zero-order valence-electron chi connectivity index (χ0n) is 21.8. The lowest BCUT2D eigenvalue weighted by molar-refractivity contribution is -0.132. The molecule has 200 valence electrons. The molecule has 2 amide bonds. The lowest BCUT2D eigenvalue weighted by Crippen LogP contribution is -2.52. The summed E-state index contributed by atoms with van der Waals surface area (Å²) in [6.45, 7) is 9.06. The summed E-state index contributed by atoms with van der Waals surface area (Å²) >= 11 is 1.41. The van der Waals surface area contributed by atoms with Crippen molar-refractivity contribution in [3.05, 3.63) is 64.4 Å². The van der Waals surface area contributed by atoms with Crippen LogP contribution in [-0.2, 0) is 9.53 Å². The summed E-state index contributed by atoms with van der Waals surface area (Å²) in [6, 6.07) is 15.9. The summed E-state index contributed by atoms with van der Waals surface area (Å²) in [5.74, 6) is 0.717. The Balaban J connectivity index is 1.16. The van der Waals surface area contributed by atoms with Gasteiger partial charge in [-0.2, -0.15) is 0 Å². The zero-order valence-corrected chi connectivity index (χ0v) is 22.6. The lowest BCUT2D eigenvalue weighted by Gasteiger charge is -2.36. The van der Waals surface area contributed by atoms with Crippen LogP contribution in [-0.4, -0.2) is 109 Å². The molecule has 3 aromatic rings. The number of ether oxygens (including phenoxy) is 1. The first kappa shape index (κ1) is 26.3. The molecule has 2 saturated heterocycles. The Kier molecular flexibility index (Phi) is 8.62. The molecule has 2 fully saturated rings. The molecule has 0 spiro atoms. The Morgan fingerprint density at radius 2 is 1.71 bits per heavy atom. The third-order valence-electron chi connectivity index (χ3n) is 7.09. The van der Waals surface area contributed by atoms with Gasteiger partial charge in [0.1, 0.15) is 6.54 Å². The molecule has 0 aliphatic carbocycles. The highest BCUT2D eigenvalue weighted by molar-refractivity contribution is 7.12. The molecule has 0 radical (unpaired) electrons. The molecule has 10 heteroatoms. The van der Waals surface area contributed by atoms with E-state index in [-0.39, 0.29) is 18.4 Å². The van der Waals surface area contributed by atoms with Crippen LogP contribution >= 0.6 is 11.3 Å². The first-order chi connectivity index (χ1) is 18.6. The average Bonchev–Trinajstić information content (AvgIpc) is 3.51. The number of anilines is 1. The molecule has 4 heterocycles. The van der Waals surface area contributed by atoms with Gasteiger partial charge in [0.2, 0.25) is 5.91 Å². The van der Waals surface area contributed by atoms with Crippen LogP contribution in [0.5, 0.6) is 0 Å². The fraction of sp³-hybridized carbons (Fsp3) is 0.429. The SMILES string of the molecule is Cc1ccc(-c2ccc(N3CCN(C(=O)CN(CCN4CCOCC4)C(=O)c4cccs4)CC3)nn2)cc1. The number of thiophene rings is 1. The van der Waals surface area contributed by atoms with Crippen molar-refractivity contribution in [2.24, 2.45) is 0 Å². The molecule has 0 atom stereocenters. The van der Waals surface area contributed by atoms with Crippen LogP contribution in [0.1, 0.15) is 15.2 Å². The number of morpholine rings is 1. The smallest absolute Gasteiger partial charge is 0.264 e. The van der Waals surface area contributed by atoms with Crippen molar-refractivity contribution in [3.8, 4) is 11.3 Å². The Labute approximate surface area is 227 Å². The van der Waals surface area contributed by atoms with E-state index in [2.05, 4.69) is 51.2 Å². The minimum atomic E-state index is -0.0795. The maximum absolute atomic E-state index is 13.3. The monoisotopic (exact) mass is 534 g/mol. The van der Waals surface area contributed by atoms with Gasteiger partial charge in [-0.25, -0.2) is 0 Å². The molecule has 1 aromatic carbocycles. The largest absolute Gasteiger partial charge is 0.379 e.